The van der Waals surface area contributed by atoms with Crippen LogP contribution in [0.3, 0.4) is 0 Å². The smallest absolute Gasteiger partial charge is 0.243 e. The van der Waals surface area contributed by atoms with Gasteiger partial charge in [0.15, 0.2) is 0 Å². The van der Waals surface area contributed by atoms with Crippen molar-refractivity contribution in [2.75, 3.05) is 18.8 Å². The molecule has 1 aliphatic rings. The zero-order valence-corrected chi connectivity index (χ0v) is 12.6. The molecule has 0 spiro atoms. The summed E-state index contributed by atoms with van der Waals surface area (Å²) in [5, 5.41) is 8.96. The summed E-state index contributed by atoms with van der Waals surface area (Å²) >= 11 is 11.7. The van der Waals surface area contributed by atoms with Crippen LogP contribution < -0.4 is 5.73 Å². The first-order valence-corrected chi connectivity index (χ1v) is 7.89. The number of nitrogens with zero attached hydrogens (tertiary/aromatic N) is 2. The maximum atomic E-state index is 12.5. The van der Waals surface area contributed by atoms with E-state index >= 15 is 0 Å². The summed E-state index contributed by atoms with van der Waals surface area (Å²) in [7, 11) is -3.70. The zero-order valence-electron chi connectivity index (χ0n) is 10.3. The molecule has 1 heterocycles. The first-order valence-electron chi connectivity index (χ1n) is 5.70. The number of halogens is 2. The van der Waals surface area contributed by atoms with Crippen molar-refractivity contribution in [3.05, 3.63) is 33.8 Å². The molecule has 5 nitrogen and oxygen atoms in total. The SMILES string of the molecule is N#CC1=CCN(S(=O)(=O)c2cc(Cl)c(N)c(Cl)c2)CC1. The zero-order chi connectivity index (χ0) is 14.9. The molecular formula is C12H11Cl2N3O2S. The third-order valence-electron chi connectivity index (χ3n) is 3.01. The molecular weight excluding hydrogens is 321 g/mol. The largest absolute Gasteiger partial charge is 0.396 e. The fraction of sp³-hybridized carbons (Fsp3) is 0.250. The lowest BCUT2D eigenvalue weighted by atomic mass is 10.1. The highest BCUT2D eigenvalue weighted by molar-refractivity contribution is 7.89. The molecule has 0 saturated carbocycles. The monoisotopic (exact) mass is 331 g/mol. The van der Waals surface area contributed by atoms with E-state index in [0.29, 0.717) is 12.0 Å². The third-order valence-corrected chi connectivity index (χ3v) is 5.47. The third kappa shape index (κ3) is 2.76. The van der Waals surface area contributed by atoms with Crippen LogP contribution in [0.2, 0.25) is 10.0 Å². The topological polar surface area (TPSA) is 87.2 Å². The van der Waals surface area contributed by atoms with Gasteiger partial charge in [-0.15, -0.1) is 0 Å². The maximum absolute atomic E-state index is 12.5. The van der Waals surface area contributed by atoms with Crippen molar-refractivity contribution in [2.45, 2.75) is 11.3 Å². The van der Waals surface area contributed by atoms with Gasteiger partial charge in [0.1, 0.15) is 0 Å². The molecule has 106 valence electrons. The average molecular weight is 332 g/mol. The van der Waals surface area contributed by atoms with Gasteiger partial charge in [-0.3, -0.25) is 0 Å². The minimum absolute atomic E-state index is 0.00416. The summed E-state index contributed by atoms with van der Waals surface area (Å²) in [5.41, 5.74) is 6.33. The Bertz CT molecular complexity index is 700. The molecule has 20 heavy (non-hydrogen) atoms. The van der Waals surface area contributed by atoms with E-state index in [-0.39, 0.29) is 33.7 Å². The van der Waals surface area contributed by atoms with Crippen LogP contribution in [-0.4, -0.2) is 25.8 Å². The molecule has 1 aliphatic heterocycles. The van der Waals surface area contributed by atoms with Crippen LogP contribution in [0.15, 0.2) is 28.7 Å². The standard InChI is InChI=1S/C12H11Cl2N3O2S/c13-10-5-9(6-11(14)12(10)16)20(18,19)17-3-1-8(7-15)2-4-17/h1,5-6H,2-4,16H2. The number of rotatable bonds is 2. The van der Waals surface area contributed by atoms with Crippen molar-refractivity contribution in [3.8, 4) is 6.07 Å². The molecule has 0 bridgehead atoms. The van der Waals surface area contributed by atoms with Gasteiger partial charge in [-0.05, 0) is 18.6 Å². The van der Waals surface area contributed by atoms with E-state index in [0.717, 1.165) is 0 Å². The molecule has 0 aromatic heterocycles. The van der Waals surface area contributed by atoms with Crippen molar-refractivity contribution >= 4 is 38.9 Å². The quantitative estimate of drug-likeness (QED) is 0.843. The van der Waals surface area contributed by atoms with Crippen LogP contribution in [0.1, 0.15) is 6.42 Å². The molecule has 8 heteroatoms. The number of nitriles is 1. The fourth-order valence-corrected chi connectivity index (χ4v) is 3.88. The minimum Gasteiger partial charge on any atom is -0.396 e. The van der Waals surface area contributed by atoms with Crippen LogP contribution >= 0.6 is 23.2 Å². The normalized spacial score (nSPS) is 16.6. The molecule has 0 atom stereocenters. The van der Waals surface area contributed by atoms with E-state index in [2.05, 4.69) is 0 Å². The second-order valence-electron chi connectivity index (χ2n) is 4.25. The van der Waals surface area contributed by atoms with E-state index in [1.807, 2.05) is 6.07 Å². The average Bonchev–Trinajstić information content (AvgIpc) is 2.44. The van der Waals surface area contributed by atoms with Crippen LogP contribution in [0.4, 0.5) is 5.69 Å². The van der Waals surface area contributed by atoms with Gasteiger partial charge in [0.2, 0.25) is 10.0 Å². The van der Waals surface area contributed by atoms with Crippen molar-refractivity contribution in [1.29, 1.82) is 5.26 Å². The Labute approximate surface area is 127 Å². The first kappa shape index (κ1) is 15.1. The Morgan fingerprint density at radius 3 is 2.35 bits per heavy atom. The highest BCUT2D eigenvalue weighted by Gasteiger charge is 2.27. The fourth-order valence-electron chi connectivity index (χ4n) is 1.83. The predicted octanol–water partition coefficient (Wildman–Crippen LogP) is 2.42. The second kappa shape index (κ2) is 5.62. The van der Waals surface area contributed by atoms with E-state index in [9.17, 15) is 8.42 Å². The first-order chi connectivity index (χ1) is 9.36. The Morgan fingerprint density at radius 2 is 1.90 bits per heavy atom. The number of benzene rings is 1. The number of sulfonamides is 1. The summed E-state index contributed by atoms with van der Waals surface area (Å²) in [5.74, 6) is 0. The Kier molecular flexibility index (Phi) is 4.25. The number of hydrogen-bond donors (Lipinski definition) is 1. The van der Waals surface area contributed by atoms with Crippen LogP contribution in [0, 0.1) is 11.3 Å². The van der Waals surface area contributed by atoms with Crippen LogP contribution in [0.25, 0.3) is 0 Å². The summed E-state index contributed by atoms with van der Waals surface area (Å²) in [6.07, 6.45) is 1.99. The molecule has 1 aromatic carbocycles. The highest BCUT2D eigenvalue weighted by Crippen LogP contribution is 2.32. The lowest BCUT2D eigenvalue weighted by Crippen LogP contribution is -2.34. The molecule has 0 amide bonds. The van der Waals surface area contributed by atoms with Gasteiger partial charge >= 0.3 is 0 Å². The maximum Gasteiger partial charge on any atom is 0.243 e. The predicted molar refractivity (Wildman–Crippen MR) is 77.9 cm³/mol. The second-order valence-corrected chi connectivity index (χ2v) is 7.01. The molecule has 2 rings (SSSR count). The van der Waals surface area contributed by atoms with Crippen molar-refractivity contribution in [3.63, 3.8) is 0 Å². The molecule has 2 N–H and O–H groups in total. The van der Waals surface area contributed by atoms with Gasteiger partial charge in [-0.25, -0.2) is 8.42 Å². The highest BCUT2D eigenvalue weighted by atomic mass is 35.5. The molecule has 0 saturated heterocycles. The molecule has 0 fully saturated rings. The summed E-state index contributed by atoms with van der Waals surface area (Å²) in [6, 6.07) is 4.58. The molecule has 0 unspecified atom stereocenters. The van der Waals surface area contributed by atoms with E-state index < -0.39 is 10.0 Å². The van der Waals surface area contributed by atoms with Crippen LogP contribution in [0.5, 0.6) is 0 Å². The Hall–Kier alpha value is -1.26. The summed E-state index contributed by atoms with van der Waals surface area (Å²) in [4.78, 5) is -0.00416. The molecule has 0 radical (unpaired) electrons. The van der Waals surface area contributed by atoms with Gasteiger partial charge in [0.25, 0.3) is 0 Å². The Balaban J connectivity index is 2.38. The number of hydrogen-bond acceptors (Lipinski definition) is 4. The van der Waals surface area contributed by atoms with Crippen molar-refractivity contribution < 1.29 is 8.42 Å². The lowest BCUT2D eigenvalue weighted by molar-refractivity contribution is 0.434. The molecule has 0 aliphatic carbocycles. The van der Waals surface area contributed by atoms with Gasteiger partial charge in [0, 0.05) is 18.7 Å². The molecule has 1 aromatic rings. The van der Waals surface area contributed by atoms with Crippen molar-refractivity contribution in [2.24, 2.45) is 0 Å². The number of anilines is 1. The van der Waals surface area contributed by atoms with Crippen LogP contribution in [-0.2, 0) is 10.0 Å². The lowest BCUT2D eigenvalue weighted by Gasteiger charge is -2.24. The number of nitrogens with two attached hydrogens (primary N) is 1. The van der Waals surface area contributed by atoms with E-state index in [4.69, 9.17) is 34.2 Å². The van der Waals surface area contributed by atoms with E-state index in [1.165, 1.54) is 16.4 Å². The van der Waals surface area contributed by atoms with Gasteiger partial charge < -0.3 is 5.73 Å². The minimum atomic E-state index is -3.70. The number of nitrogen functional groups attached to an aromatic ring is 1. The summed E-state index contributed by atoms with van der Waals surface area (Å²) < 4.78 is 26.2. The van der Waals surface area contributed by atoms with E-state index in [1.54, 1.807) is 6.08 Å². The van der Waals surface area contributed by atoms with Gasteiger partial charge in [0.05, 0.1) is 26.7 Å². The van der Waals surface area contributed by atoms with Gasteiger partial charge in [-0.1, -0.05) is 29.3 Å². The Morgan fingerprint density at radius 1 is 1.30 bits per heavy atom. The van der Waals surface area contributed by atoms with Gasteiger partial charge in [-0.2, -0.15) is 9.57 Å². The summed E-state index contributed by atoms with van der Waals surface area (Å²) in [6.45, 7) is 0.409. The van der Waals surface area contributed by atoms with Crippen molar-refractivity contribution in [1.82, 2.24) is 4.31 Å².